The van der Waals surface area contributed by atoms with Crippen molar-refractivity contribution < 1.29 is 19.2 Å². The highest BCUT2D eigenvalue weighted by molar-refractivity contribution is 7.98. The first-order valence-corrected chi connectivity index (χ1v) is 7.10. The number of hydrogen-bond donors (Lipinski definition) is 3. The molecule has 0 aliphatic heterocycles. The third-order valence-electron chi connectivity index (χ3n) is 2.31. The summed E-state index contributed by atoms with van der Waals surface area (Å²) in [6.45, 7) is 1.94. The average Bonchev–Trinajstić information content (AvgIpc) is 2.77. The standard InChI is InChI=1S/C11H17N3O4S/c1-7-5-8(18-14-7)6-12-11(17)13-9(10(15)16)3-4-19-2/h5,9H,3-4,6H2,1-2H3,(H,15,16)(H2,12,13,17). The summed E-state index contributed by atoms with van der Waals surface area (Å²) >= 11 is 1.53. The van der Waals surface area contributed by atoms with Gasteiger partial charge in [-0.1, -0.05) is 5.16 Å². The van der Waals surface area contributed by atoms with Crippen LogP contribution in [0.25, 0.3) is 0 Å². The van der Waals surface area contributed by atoms with Crippen LogP contribution in [0.3, 0.4) is 0 Å². The summed E-state index contributed by atoms with van der Waals surface area (Å²) in [4.78, 5) is 22.5. The molecular formula is C11H17N3O4S. The average molecular weight is 287 g/mol. The van der Waals surface area contributed by atoms with Crippen LogP contribution in [0.5, 0.6) is 0 Å². The van der Waals surface area contributed by atoms with Gasteiger partial charge in [0.25, 0.3) is 0 Å². The molecule has 7 nitrogen and oxygen atoms in total. The fraction of sp³-hybridized carbons (Fsp3) is 0.545. The summed E-state index contributed by atoms with van der Waals surface area (Å²) in [7, 11) is 0. The highest BCUT2D eigenvalue weighted by atomic mass is 32.2. The number of carboxylic acids is 1. The Hall–Kier alpha value is -1.70. The Morgan fingerprint density at radius 1 is 1.58 bits per heavy atom. The molecule has 1 aromatic rings. The van der Waals surface area contributed by atoms with E-state index >= 15 is 0 Å². The van der Waals surface area contributed by atoms with E-state index in [2.05, 4.69) is 15.8 Å². The topological polar surface area (TPSA) is 104 Å². The quantitative estimate of drug-likeness (QED) is 0.690. The largest absolute Gasteiger partial charge is 0.480 e. The summed E-state index contributed by atoms with van der Waals surface area (Å²) in [5, 5.41) is 17.6. The van der Waals surface area contributed by atoms with Crippen molar-refractivity contribution in [3.05, 3.63) is 17.5 Å². The number of nitrogens with zero attached hydrogens (tertiary/aromatic N) is 1. The molecule has 1 rings (SSSR count). The number of hydrogen-bond acceptors (Lipinski definition) is 5. The first-order valence-electron chi connectivity index (χ1n) is 5.71. The lowest BCUT2D eigenvalue weighted by Gasteiger charge is -2.14. The van der Waals surface area contributed by atoms with E-state index in [4.69, 9.17) is 9.63 Å². The molecule has 3 N–H and O–H groups in total. The molecular weight excluding hydrogens is 270 g/mol. The summed E-state index contributed by atoms with van der Waals surface area (Å²) in [5.41, 5.74) is 0.723. The van der Waals surface area contributed by atoms with Gasteiger partial charge in [0.05, 0.1) is 12.2 Å². The van der Waals surface area contributed by atoms with Crippen molar-refractivity contribution in [2.75, 3.05) is 12.0 Å². The summed E-state index contributed by atoms with van der Waals surface area (Å²) in [5.74, 6) is 0.141. The van der Waals surface area contributed by atoms with Gasteiger partial charge in [0.1, 0.15) is 6.04 Å². The number of aryl methyl sites for hydroxylation is 1. The van der Waals surface area contributed by atoms with Crippen molar-refractivity contribution >= 4 is 23.8 Å². The molecule has 0 aliphatic rings. The van der Waals surface area contributed by atoms with Gasteiger partial charge >= 0.3 is 12.0 Å². The predicted octanol–water partition coefficient (Wildman–Crippen LogP) is 0.989. The highest BCUT2D eigenvalue weighted by Crippen LogP contribution is 2.02. The summed E-state index contributed by atoms with van der Waals surface area (Å²) < 4.78 is 4.92. The Kier molecular flexibility index (Phi) is 6.20. The fourth-order valence-electron chi connectivity index (χ4n) is 1.37. The van der Waals surface area contributed by atoms with Gasteiger partial charge in [-0.15, -0.1) is 0 Å². The summed E-state index contributed by atoms with van der Waals surface area (Å²) in [6, 6.07) is 0.273. The number of aliphatic carboxylic acids is 1. The van der Waals surface area contributed by atoms with Crippen molar-refractivity contribution in [1.82, 2.24) is 15.8 Å². The van der Waals surface area contributed by atoms with Gasteiger partial charge in [-0.3, -0.25) is 0 Å². The molecule has 106 valence electrons. The highest BCUT2D eigenvalue weighted by Gasteiger charge is 2.19. The van der Waals surface area contributed by atoms with Crippen LogP contribution in [0.4, 0.5) is 4.79 Å². The van der Waals surface area contributed by atoms with Gasteiger partial charge in [0.2, 0.25) is 0 Å². The Morgan fingerprint density at radius 3 is 2.84 bits per heavy atom. The molecule has 1 atom stereocenters. The minimum Gasteiger partial charge on any atom is -0.480 e. The Morgan fingerprint density at radius 2 is 2.32 bits per heavy atom. The fourth-order valence-corrected chi connectivity index (χ4v) is 1.84. The Balaban J connectivity index is 2.37. The van der Waals surface area contributed by atoms with Gasteiger partial charge in [0.15, 0.2) is 5.76 Å². The first-order chi connectivity index (χ1) is 9.02. The lowest BCUT2D eigenvalue weighted by Crippen LogP contribution is -2.46. The van der Waals surface area contributed by atoms with Crippen LogP contribution in [0, 0.1) is 6.92 Å². The van der Waals surface area contributed by atoms with Gasteiger partial charge in [-0.25, -0.2) is 9.59 Å². The SMILES string of the molecule is CSCCC(NC(=O)NCc1cc(C)no1)C(=O)O. The molecule has 0 saturated carbocycles. The van der Waals surface area contributed by atoms with E-state index in [1.807, 2.05) is 6.26 Å². The molecule has 0 bridgehead atoms. The minimum atomic E-state index is -1.04. The van der Waals surface area contributed by atoms with Crippen molar-refractivity contribution in [1.29, 1.82) is 0 Å². The van der Waals surface area contributed by atoms with E-state index in [1.165, 1.54) is 11.8 Å². The van der Waals surface area contributed by atoms with Crippen LogP contribution < -0.4 is 10.6 Å². The molecule has 0 fully saturated rings. The molecule has 1 aromatic heterocycles. The zero-order chi connectivity index (χ0) is 14.3. The lowest BCUT2D eigenvalue weighted by molar-refractivity contribution is -0.139. The molecule has 0 aliphatic carbocycles. The molecule has 0 radical (unpaired) electrons. The predicted molar refractivity (Wildman–Crippen MR) is 71.0 cm³/mol. The normalized spacial score (nSPS) is 11.9. The van der Waals surface area contributed by atoms with Gasteiger partial charge in [-0.05, 0) is 25.4 Å². The minimum absolute atomic E-state index is 0.168. The molecule has 2 amide bonds. The van der Waals surface area contributed by atoms with E-state index in [9.17, 15) is 9.59 Å². The third-order valence-corrected chi connectivity index (χ3v) is 2.96. The number of aromatic nitrogens is 1. The second kappa shape index (κ2) is 7.67. The number of urea groups is 1. The second-order valence-electron chi connectivity index (χ2n) is 3.93. The smallest absolute Gasteiger partial charge is 0.326 e. The van der Waals surface area contributed by atoms with Crippen LogP contribution in [-0.2, 0) is 11.3 Å². The number of rotatable bonds is 7. The lowest BCUT2D eigenvalue weighted by atomic mass is 10.2. The monoisotopic (exact) mass is 287 g/mol. The number of nitrogens with one attached hydrogen (secondary N) is 2. The molecule has 19 heavy (non-hydrogen) atoms. The van der Waals surface area contributed by atoms with Gasteiger partial charge in [0, 0.05) is 6.07 Å². The maximum Gasteiger partial charge on any atom is 0.326 e. The molecule has 1 unspecified atom stereocenters. The van der Waals surface area contributed by atoms with E-state index < -0.39 is 18.0 Å². The van der Waals surface area contributed by atoms with E-state index in [0.717, 1.165) is 5.69 Å². The van der Waals surface area contributed by atoms with Crippen LogP contribution in [-0.4, -0.2) is 40.3 Å². The van der Waals surface area contributed by atoms with Crippen molar-refractivity contribution in [2.24, 2.45) is 0 Å². The van der Waals surface area contributed by atoms with Crippen molar-refractivity contribution in [3.8, 4) is 0 Å². The van der Waals surface area contributed by atoms with Crippen molar-refractivity contribution in [3.63, 3.8) is 0 Å². The Bertz CT molecular complexity index is 435. The molecule has 0 spiro atoms. The third kappa shape index (κ3) is 5.64. The zero-order valence-electron chi connectivity index (χ0n) is 10.8. The van der Waals surface area contributed by atoms with E-state index in [-0.39, 0.29) is 6.54 Å². The number of thioether (sulfide) groups is 1. The van der Waals surface area contributed by atoms with Crippen molar-refractivity contribution in [2.45, 2.75) is 25.9 Å². The summed E-state index contributed by atoms with van der Waals surface area (Å²) in [6.07, 6.45) is 2.26. The number of carbonyl (C=O) groups excluding carboxylic acids is 1. The second-order valence-corrected chi connectivity index (χ2v) is 4.92. The number of carbonyl (C=O) groups is 2. The van der Waals surface area contributed by atoms with Crippen LogP contribution in [0.1, 0.15) is 17.9 Å². The molecule has 1 heterocycles. The Labute approximate surface area is 115 Å². The maximum absolute atomic E-state index is 11.5. The van der Waals surface area contributed by atoms with E-state index in [0.29, 0.717) is 17.9 Å². The maximum atomic E-state index is 11.5. The van der Waals surface area contributed by atoms with Crippen LogP contribution in [0.2, 0.25) is 0 Å². The van der Waals surface area contributed by atoms with Crippen LogP contribution in [0.15, 0.2) is 10.6 Å². The van der Waals surface area contributed by atoms with Gasteiger partial charge in [-0.2, -0.15) is 11.8 Å². The first kappa shape index (κ1) is 15.4. The number of carboxylic acid groups (broad SMARTS) is 1. The van der Waals surface area contributed by atoms with E-state index in [1.54, 1.807) is 13.0 Å². The van der Waals surface area contributed by atoms with Gasteiger partial charge < -0.3 is 20.3 Å². The number of amides is 2. The molecule has 8 heteroatoms. The molecule has 0 saturated heterocycles. The molecule has 0 aromatic carbocycles. The zero-order valence-corrected chi connectivity index (χ0v) is 11.6. The van der Waals surface area contributed by atoms with Crippen LogP contribution >= 0.6 is 11.8 Å².